The van der Waals surface area contributed by atoms with Crippen LogP contribution in [-0.4, -0.2) is 18.5 Å². The lowest BCUT2D eigenvalue weighted by Gasteiger charge is -2.14. The zero-order chi connectivity index (χ0) is 21.5. The van der Waals surface area contributed by atoms with Crippen LogP contribution in [0.1, 0.15) is 27.0 Å². The molecule has 3 aromatic carbocycles. The van der Waals surface area contributed by atoms with E-state index in [1.807, 2.05) is 44.2 Å². The van der Waals surface area contributed by atoms with Crippen LogP contribution in [-0.2, 0) is 9.53 Å². The standard InChI is InChI=1S/C24H21N3O3/c1-16-7-5-12-21(17(16)2)27-22-11-4-3-10-20(22)24(29)30-15-23(28)26-19-9-6-8-18(13-19)14-25/h3-13,27H,15H2,1-2H3,(H,26,28). The number of carbonyl (C=O) groups is 2. The van der Waals surface area contributed by atoms with Crippen molar-refractivity contribution >= 4 is 28.9 Å². The molecule has 0 aromatic heterocycles. The molecular weight excluding hydrogens is 378 g/mol. The number of aryl methyl sites for hydroxylation is 1. The minimum atomic E-state index is -0.607. The molecule has 0 saturated heterocycles. The van der Waals surface area contributed by atoms with E-state index >= 15 is 0 Å². The third kappa shape index (κ3) is 5.03. The molecule has 2 N–H and O–H groups in total. The number of anilines is 3. The molecule has 0 atom stereocenters. The molecule has 1 amide bonds. The summed E-state index contributed by atoms with van der Waals surface area (Å²) in [6.45, 7) is 3.59. The maximum absolute atomic E-state index is 12.6. The van der Waals surface area contributed by atoms with Crippen molar-refractivity contribution in [1.29, 1.82) is 5.26 Å². The summed E-state index contributed by atoms with van der Waals surface area (Å²) >= 11 is 0. The van der Waals surface area contributed by atoms with Gasteiger partial charge in [-0.05, 0) is 61.4 Å². The molecule has 150 valence electrons. The van der Waals surface area contributed by atoms with Gasteiger partial charge in [-0.2, -0.15) is 5.26 Å². The zero-order valence-corrected chi connectivity index (χ0v) is 16.7. The van der Waals surface area contributed by atoms with Gasteiger partial charge in [0.1, 0.15) is 0 Å². The fourth-order valence-electron chi connectivity index (χ4n) is 2.87. The maximum atomic E-state index is 12.6. The highest BCUT2D eigenvalue weighted by Crippen LogP contribution is 2.25. The normalized spacial score (nSPS) is 10.0. The summed E-state index contributed by atoms with van der Waals surface area (Å²) in [6.07, 6.45) is 0. The predicted molar refractivity (Wildman–Crippen MR) is 116 cm³/mol. The van der Waals surface area contributed by atoms with E-state index in [9.17, 15) is 9.59 Å². The first-order valence-electron chi connectivity index (χ1n) is 9.37. The number of para-hydroxylation sites is 1. The Labute approximate surface area is 175 Å². The highest BCUT2D eigenvalue weighted by molar-refractivity contribution is 5.99. The minimum Gasteiger partial charge on any atom is -0.452 e. The number of nitrogens with one attached hydrogen (secondary N) is 2. The van der Waals surface area contributed by atoms with Crippen LogP contribution in [0.3, 0.4) is 0 Å². The van der Waals surface area contributed by atoms with E-state index in [-0.39, 0.29) is 0 Å². The first-order chi connectivity index (χ1) is 14.5. The molecule has 0 aliphatic rings. The van der Waals surface area contributed by atoms with Crippen LogP contribution >= 0.6 is 0 Å². The second-order valence-corrected chi connectivity index (χ2v) is 6.73. The Bertz CT molecular complexity index is 1130. The Kier molecular flexibility index (Phi) is 6.46. The number of esters is 1. The van der Waals surface area contributed by atoms with E-state index in [0.717, 1.165) is 16.8 Å². The Morgan fingerprint density at radius 3 is 2.50 bits per heavy atom. The van der Waals surface area contributed by atoms with Gasteiger partial charge in [0.15, 0.2) is 6.61 Å². The van der Waals surface area contributed by atoms with Crippen molar-refractivity contribution in [3.63, 3.8) is 0 Å². The molecule has 0 unspecified atom stereocenters. The van der Waals surface area contributed by atoms with Gasteiger partial charge in [0.2, 0.25) is 0 Å². The molecule has 0 bridgehead atoms. The first kappa shape index (κ1) is 20.6. The molecule has 6 heteroatoms. The molecule has 3 rings (SSSR count). The van der Waals surface area contributed by atoms with E-state index in [0.29, 0.717) is 22.5 Å². The molecule has 0 fully saturated rings. The van der Waals surface area contributed by atoms with Crippen LogP contribution in [0.5, 0.6) is 0 Å². The van der Waals surface area contributed by atoms with Crippen molar-refractivity contribution in [2.75, 3.05) is 17.2 Å². The number of hydrogen-bond acceptors (Lipinski definition) is 5. The van der Waals surface area contributed by atoms with Crippen LogP contribution in [0, 0.1) is 25.2 Å². The third-order valence-electron chi connectivity index (χ3n) is 4.63. The molecule has 0 heterocycles. The minimum absolute atomic E-state index is 0.331. The Morgan fingerprint density at radius 1 is 0.967 bits per heavy atom. The summed E-state index contributed by atoms with van der Waals surface area (Å²) in [6, 6.07) is 21.4. The van der Waals surface area contributed by atoms with Crippen LogP contribution in [0.25, 0.3) is 0 Å². The molecule has 30 heavy (non-hydrogen) atoms. The highest BCUT2D eigenvalue weighted by atomic mass is 16.5. The highest BCUT2D eigenvalue weighted by Gasteiger charge is 2.15. The summed E-state index contributed by atoms with van der Waals surface area (Å²) in [5, 5.41) is 14.8. The number of hydrogen-bond donors (Lipinski definition) is 2. The van der Waals surface area contributed by atoms with Crippen LogP contribution < -0.4 is 10.6 Å². The fraction of sp³-hybridized carbons (Fsp3) is 0.125. The van der Waals surface area contributed by atoms with Gasteiger partial charge < -0.3 is 15.4 Å². The lowest BCUT2D eigenvalue weighted by Crippen LogP contribution is -2.21. The van der Waals surface area contributed by atoms with Crippen molar-refractivity contribution in [1.82, 2.24) is 0 Å². The molecule has 0 spiro atoms. The number of ether oxygens (including phenoxy) is 1. The molecule has 3 aromatic rings. The van der Waals surface area contributed by atoms with E-state index in [1.54, 1.807) is 42.5 Å². The summed E-state index contributed by atoms with van der Waals surface area (Å²) in [5.74, 6) is -1.09. The summed E-state index contributed by atoms with van der Waals surface area (Å²) < 4.78 is 5.20. The summed E-state index contributed by atoms with van der Waals surface area (Å²) in [5.41, 5.74) is 4.93. The Morgan fingerprint density at radius 2 is 1.70 bits per heavy atom. The van der Waals surface area contributed by atoms with Crippen LogP contribution in [0.15, 0.2) is 66.7 Å². The van der Waals surface area contributed by atoms with Crippen molar-refractivity contribution in [3.8, 4) is 6.07 Å². The van der Waals surface area contributed by atoms with Crippen LogP contribution in [0.2, 0.25) is 0 Å². The molecule has 0 aliphatic heterocycles. The van der Waals surface area contributed by atoms with Crippen molar-refractivity contribution < 1.29 is 14.3 Å². The van der Waals surface area contributed by atoms with Gasteiger partial charge in [-0.25, -0.2) is 4.79 Å². The van der Waals surface area contributed by atoms with Gasteiger partial charge in [0.05, 0.1) is 22.9 Å². The number of nitriles is 1. The fourth-order valence-corrected chi connectivity index (χ4v) is 2.87. The summed E-state index contributed by atoms with van der Waals surface area (Å²) in [4.78, 5) is 24.7. The Hall–Kier alpha value is -4.11. The van der Waals surface area contributed by atoms with Gasteiger partial charge in [0, 0.05) is 11.4 Å². The zero-order valence-electron chi connectivity index (χ0n) is 16.7. The SMILES string of the molecule is Cc1cccc(Nc2ccccc2C(=O)OCC(=O)Nc2cccc(C#N)c2)c1C. The van der Waals surface area contributed by atoms with E-state index < -0.39 is 18.5 Å². The van der Waals surface area contributed by atoms with Gasteiger partial charge in [-0.3, -0.25) is 4.79 Å². The second kappa shape index (κ2) is 9.39. The summed E-state index contributed by atoms with van der Waals surface area (Å²) in [7, 11) is 0. The van der Waals surface area contributed by atoms with E-state index in [2.05, 4.69) is 10.6 Å². The lowest BCUT2D eigenvalue weighted by molar-refractivity contribution is -0.119. The largest absolute Gasteiger partial charge is 0.452 e. The second-order valence-electron chi connectivity index (χ2n) is 6.73. The average molecular weight is 399 g/mol. The van der Waals surface area contributed by atoms with Crippen LogP contribution in [0.4, 0.5) is 17.1 Å². The van der Waals surface area contributed by atoms with Gasteiger partial charge >= 0.3 is 5.97 Å². The molecule has 0 radical (unpaired) electrons. The predicted octanol–water partition coefficient (Wildman–Crippen LogP) is 4.71. The monoisotopic (exact) mass is 399 g/mol. The molecule has 6 nitrogen and oxygen atoms in total. The number of carbonyl (C=O) groups excluding carboxylic acids is 2. The Balaban J connectivity index is 1.66. The van der Waals surface area contributed by atoms with Gasteiger partial charge in [0.25, 0.3) is 5.91 Å². The van der Waals surface area contributed by atoms with Crippen molar-refractivity contribution in [2.24, 2.45) is 0 Å². The number of rotatable bonds is 6. The first-order valence-corrected chi connectivity index (χ1v) is 9.37. The smallest absolute Gasteiger partial charge is 0.340 e. The maximum Gasteiger partial charge on any atom is 0.340 e. The van der Waals surface area contributed by atoms with E-state index in [1.165, 1.54) is 0 Å². The average Bonchev–Trinajstić information content (AvgIpc) is 2.76. The molecule has 0 aliphatic carbocycles. The topological polar surface area (TPSA) is 91.2 Å². The van der Waals surface area contributed by atoms with Crippen molar-refractivity contribution in [3.05, 3.63) is 89.0 Å². The van der Waals surface area contributed by atoms with Crippen molar-refractivity contribution in [2.45, 2.75) is 13.8 Å². The third-order valence-corrected chi connectivity index (χ3v) is 4.63. The number of benzene rings is 3. The molecule has 0 saturated carbocycles. The van der Waals surface area contributed by atoms with Gasteiger partial charge in [-0.1, -0.05) is 30.3 Å². The lowest BCUT2D eigenvalue weighted by atomic mass is 10.1. The van der Waals surface area contributed by atoms with E-state index in [4.69, 9.17) is 10.00 Å². The van der Waals surface area contributed by atoms with Gasteiger partial charge in [-0.15, -0.1) is 0 Å². The number of nitrogens with zero attached hydrogens (tertiary/aromatic N) is 1. The number of amides is 1. The quantitative estimate of drug-likeness (QED) is 0.586. The molecular formula is C24H21N3O3.